The summed E-state index contributed by atoms with van der Waals surface area (Å²) in [4.78, 5) is 54.5. The quantitative estimate of drug-likeness (QED) is 0.173. The lowest BCUT2D eigenvalue weighted by molar-refractivity contribution is -0.385. The summed E-state index contributed by atoms with van der Waals surface area (Å²) in [7, 11) is 0. The van der Waals surface area contributed by atoms with Crippen molar-refractivity contribution < 1.29 is 19.3 Å². The zero-order valence-corrected chi connectivity index (χ0v) is 18.9. The SMILES string of the molecule is Cc1ccc(N(C(=O)C2(C(N)=O)CC2)c2ccc(C(=O)/C=C/c3ccccn3)cc2)cc1[N+](=O)[O-]. The molecular formula is C26H22N4O5. The Bertz CT molecular complexity index is 1350. The first kappa shape index (κ1) is 23.5. The monoisotopic (exact) mass is 470 g/mol. The molecule has 0 aliphatic heterocycles. The van der Waals surface area contributed by atoms with Crippen molar-refractivity contribution >= 4 is 40.7 Å². The summed E-state index contributed by atoms with van der Waals surface area (Å²) < 4.78 is 0. The zero-order valence-electron chi connectivity index (χ0n) is 18.9. The molecule has 0 unspecified atom stereocenters. The number of allylic oxidation sites excluding steroid dienone is 1. The van der Waals surface area contributed by atoms with Crippen LogP contribution in [0.25, 0.3) is 6.08 Å². The summed E-state index contributed by atoms with van der Waals surface area (Å²) in [5.41, 5.74) is 6.04. The molecule has 35 heavy (non-hydrogen) atoms. The highest BCUT2D eigenvalue weighted by atomic mass is 16.6. The van der Waals surface area contributed by atoms with E-state index in [9.17, 15) is 24.5 Å². The highest BCUT2D eigenvalue weighted by Crippen LogP contribution is 2.49. The fourth-order valence-corrected chi connectivity index (χ4v) is 3.73. The molecule has 9 heteroatoms. The molecule has 0 atom stereocenters. The Kier molecular flexibility index (Phi) is 6.24. The number of carbonyl (C=O) groups is 3. The molecule has 1 heterocycles. The van der Waals surface area contributed by atoms with Crippen molar-refractivity contribution in [2.75, 3.05) is 4.90 Å². The van der Waals surface area contributed by atoms with E-state index in [-0.39, 0.29) is 17.2 Å². The Balaban J connectivity index is 1.69. The van der Waals surface area contributed by atoms with Crippen LogP contribution in [0.4, 0.5) is 17.1 Å². The summed E-state index contributed by atoms with van der Waals surface area (Å²) in [5.74, 6) is -1.56. The van der Waals surface area contributed by atoms with E-state index in [1.54, 1.807) is 61.7 Å². The number of nitrogens with zero attached hydrogens (tertiary/aromatic N) is 3. The van der Waals surface area contributed by atoms with Crippen LogP contribution in [0.1, 0.15) is 34.5 Å². The van der Waals surface area contributed by atoms with E-state index in [1.165, 1.54) is 23.1 Å². The molecule has 2 aromatic carbocycles. The number of anilines is 2. The summed E-state index contributed by atoms with van der Waals surface area (Å²) in [6, 6.07) is 16.0. The van der Waals surface area contributed by atoms with Gasteiger partial charge < -0.3 is 5.73 Å². The van der Waals surface area contributed by atoms with Crippen LogP contribution in [0.5, 0.6) is 0 Å². The number of primary amides is 1. The molecule has 0 radical (unpaired) electrons. The molecule has 1 aromatic heterocycles. The number of hydrogen-bond donors (Lipinski definition) is 1. The number of nitro benzene ring substituents is 1. The number of nitro groups is 1. The lowest BCUT2D eigenvalue weighted by Gasteiger charge is -2.26. The predicted molar refractivity (Wildman–Crippen MR) is 130 cm³/mol. The van der Waals surface area contributed by atoms with Crippen LogP contribution in [0, 0.1) is 22.5 Å². The Morgan fingerprint density at radius 2 is 1.74 bits per heavy atom. The minimum Gasteiger partial charge on any atom is -0.369 e. The topological polar surface area (TPSA) is 136 Å². The lowest BCUT2D eigenvalue weighted by atomic mass is 10.0. The van der Waals surface area contributed by atoms with Gasteiger partial charge in [-0.1, -0.05) is 12.1 Å². The molecule has 2 amide bonds. The number of aromatic nitrogens is 1. The van der Waals surface area contributed by atoms with Crippen LogP contribution in [0.15, 0.2) is 72.9 Å². The maximum Gasteiger partial charge on any atom is 0.274 e. The van der Waals surface area contributed by atoms with E-state index in [1.807, 2.05) is 6.07 Å². The normalized spacial score (nSPS) is 13.9. The van der Waals surface area contributed by atoms with E-state index < -0.39 is 22.2 Å². The third-order valence-corrected chi connectivity index (χ3v) is 5.99. The van der Waals surface area contributed by atoms with Crippen molar-refractivity contribution in [3.8, 4) is 0 Å². The molecule has 1 aliphatic carbocycles. The van der Waals surface area contributed by atoms with Gasteiger partial charge in [-0.2, -0.15) is 0 Å². The molecule has 0 saturated heterocycles. The molecule has 176 valence electrons. The highest BCUT2D eigenvalue weighted by Gasteiger charge is 2.57. The molecule has 4 rings (SSSR count). The largest absolute Gasteiger partial charge is 0.369 e. The standard InChI is InChI=1S/C26H22N4O5/c1-17-5-9-21(16-22(17)30(34)35)29(25(33)26(13-14-26)24(27)32)20-10-6-18(7-11-20)23(31)12-8-19-4-2-3-15-28-19/h2-12,15-16H,13-14H2,1H3,(H2,27,32)/b12-8+. The number of ketones is 1. The third-order valence-electron chi connectivity index (χ3n) is 5.99. The van der Waals surface area contributed by atoms with Gasteiger partial charge in [-0.15, -0.1) is 0 Å². The predicted octanol–water partition coefficient (Wildman–Crippen LogP) is 4.12. The van der Waals surface area contributed by atoms with Crippen LogP contribution in [0.2, 0.25) is 0 Å². The lowest BCUT2D eigenvalue weighted by Crippen LogP contribution is -2.41. The van der Waals surface area contributed by atoms with Gasteiger partial charge in [0.2, 0.25) is 11.8 Å². The van der Waals surface area contributed by atoms with Gasteiger partial charge in [0.05, 0.1) is 16.3 Å². The van der Waals surface area contributed by atoms with Gasteiger partial charge in [0.25, 0.3) is 5.69 Å². The second kappa shape index (κ2) is 9.30. The zero-order chi connectivity index (χ0) is 25.2. The molecular weight excluding hydrogens is 448 g/mol. The van der Waals surface area contributed by atoms with Gasteiger partial charge in [0.15, 0.2) is 5.78 Å². The molecule has 1 aliphatic rings. The average Bonchev–Trinajstić information content (AvgIpc) is 3.67. The number of benzene rings is 2. The van der Waals surface area contributed by atoms with Gasteiger partial charge >= 0.3 is 0 Å². The van der Waals surface area contributed by atoms with E-state index in [4.69, 9.17) is 5.73 Å². The van der Waals surface area contributed by atoms with Gasteiger partial charge in [0, 0.05) is 29.1 Å². The van der Waals surface area contributed by atoms with E-state index in [2.05, 4.69) is 4.98 Å². The molecule has 1 fully saturated rings. The van der Waals surface area contributed by atoms with E-state index in [0.29, 0.717) is 35.3 Å². The van der Waals surface area contributed by atoms with Crippen molar-refractivity contribution in [3.05, 3.63) is 99.9 Å². The summed E-state index contributed by atoms with van der Waals surface area (Å²) >= 11 is 0. The van der Waals surface area contributed by atoms with Crippen molar-refractivity contribution in [3.63, 3.8) is 0 Å². The molecule has 0 spiro atoms. The maximum absolute atomic E-state index is 13.5. The van der Waals surface area contributed by atoms with Crippen molar-refractivity contribution in [2.45, 2.75) is 19.8 Å². The van der Waals surface area contributed by atoms with E-state index >= 15 is 0 Å². The molecule has 9 nitrogen and oxygen atoms in total. The Hall–Kier alpha value is -4.66. The first-order valence-corrected chi connectivity index (χ1v) is 10.9. The number of carbonyl (C=O) groups excluding carboxylic acids is 3. The highest BCUT2D eigenvalue weighted by molar-refractivity contribution is 6.17. The van der Waals surface area contributed by atoms with Crippen LogP contribution in [-0.2, 0) is 9.59 Å². The number of amides is 2. The first-order chi connectivity index (χ1) is 16.7. The minimum atomic E-state index is -1.35. The second-order valence-corrected chi connectivity index (χ2v) is 8.31. The number of aryl methyl sites for hydroxylation is 1. The van der Waals surface area contributed by atoms with Gasteiger partial charge in [-0.05, 0) is 74.4 Å². The van der Waals surface area contributed by atoms with Crippen LogP contribution in [0.3, 0.4) is 0 Å². The fourth-order valence-electron chi connectivity index (χ4n) is 3.73. The number of nitrogens with two attached hydrogens (primary N) is 1. The molecule has 1 saturated carbocycles. The van der Waals surface area contributed by atoms with Crippen molar-refractivity contribution in [1.29, 1.82) is 0 Å². The van der Waals surface area contributed by atoms with Crippen LogP contribution >= 0.6 is 0 Å². The molecule has 0 bridgehead atoms. The van der Waals surface area contributed by atoms with Gasteiger partial charge in [0.1, 0.15) is 5.41 Å². The van der Waals surface area contributed by atoms with Crippen molar-refractivity contribution in [2.24, 2.45) is 11.1 Å². The summed E-state index contributed by atoms with van der Waals surface area (Å²) in [6.45, 7) is 1.60. The minimum absolute atomic E-state index is 0.157. The number of hydrogen-bond acceptors (Lipinski definition) is 6. The average molecular weight is 470 g/mol. The Morgan fingerprint density at radius 3 is 2.31 bits per heavy atom. The van der Waals surface area contributed by atoms with Gasteiger partial charge in [-0.3, -0.25) is 34.4 Å². The summed E-state index contributed by atoms with van der Waals surface area (Å²) in [6.07, 6.45) is 5.23. The van der Waals surface area contributed by atoms with Crippen LogP contribution < -0.4 is 10.6 Å². The first-order valence-electron chi connectivity index (χ1n) is 10.9. The van der Waals surface area contributed by atoms with Crippen molar-refractivity contribution in [1.82, 2.24) is 4.98 Å². The molecule has 2 N–H and O–H groups in total. The van der Waals surface area contributed by atoms with Gasteiger partial charge in [-0.25, -0.2) is 0 Å². The number of pyridine rings is 1. The molecule has 3 aromatic rings. The second-order valence-electron chi connectivity index (χ2n) is 8.31. The summed E-state index contributed by atoms with van der Waals surface area (Å²) in [5, 5.41) is 11.5. The number of rotatable bonds is 8. The Labute approximate surface area is 201 Å². The third kappa shape index (κ3) is 4.70. The Morgan fingerprint density at radius 1 is 1.06 bits per heavy atom. The van der Waals surface area contributed by atoms with Crippen LogP contribution in [-0.4, -0.2) is 27.5 Å². The fraction of sp³-hybridized carbons (Fsp3) is 0.154. The maximum atomic E-state index is 13.5. The smallest absolute Gasteiger partial charge is 0.274 e. The van der Waals surface area contributed by atoms with E-state index in [0.717, 1.165) is 0 Å².